The summed E-state index contributed by atoms with van der Waals surface area (Å²) in [6, 6.07) is 8.27. The molecule has 2 aliphatic heterocycles. The number of para-hydroxylation sites is 1. The maximum Gasteiger partial charge on any atom is 0.410 e. The van der Waals surface area contributed by atoms with Crippen LogP contribution in [0.2, 0.25) is 0 Å². The fourth-order valence-electron chi connectivity index (χ4n) is 3.20. The summed E-state index contributed by atoms with van der Waals surface area (Å²) in [7, 11) is 0. The highest BCUT2D eigenvalue weighted by Gasteiger charge is 2.34. The van der Waals surface area contributed by atoms with Crippen molar-refractivity contribution in [2.24, 2.45) is 5.92 Å². The summed E-state index contributed by atoms with van der Waals surface area (Å²) < 4.78 is 11.3. The number of carbonyl (C=O) groups is 1. The fourth-order valence-corrected chi connectivity index (χ4v) is 3.20. The van der Waals surface area contributed by atoms with E-state index in [1.165, 1.54) is 5.56 Å². The second-order valence-corrected chi connectivity index (χ2v) is 6.23. The van der Waals surface area contributed by atoms with E-state index in [2.05, 4.69) is 12.1 Å². The SMILES string of the molecule is CC(C)OC(=O)N1CCC(C2Cc3ccccc3O2)CC1. The van der Waals surface area contributed by atoms with Gasteiger partial charge >= 0.3 is 6.09 Å². The van der Waals surface area contributed by atoms with Gasteiger partial charge in [-0.2, -0.15) is 0 Å². The van der Waals surface area contributed by atoms with Gasteiger partial charge in [0.25, 0.3) is 0 Å². The van der Waals surface area contributed by atoms with E-state index in [4.69, 9.17) is 9.47 Å². The van der Waals surface area contributed by atoms with E-state index in [0.717, 1.165) is 38.1 Å². The number of amides is 1. The number of nitrogens with zero attached hydrogens (tertiary/aromatic N) is 1. The van der Waals surface area contributed by atoms with Crippen LogP contribution in [0.3, 0.4) is 0 Å². The molecule has 0 aliphatic carbocycles. The van der Waals surface area contributed by atoms with Gasteiger partial charge in [-0.05, 0) is 44.2 Å². The molecule has 1 unspecified atom stereocenters. The van der Waals surface area contributed by atoms with Gasteiger partial charge in [0.05, 0.1) is 6.10 Å². The molecule has 1 amide bonds. The minimum atomic E-state index is -0.181. The Hall–Kier alpha value is -1.71. The van der Waals surface area contributed by atoms with E-state index in [1.54, 1.807) is 0 Å². The van der Waals surface area contributed by atoms with E-state index < -0.39 is 0 Å². The fraction of sp³-hybridized carbons (Fsp3) is 0.588. The zero-order chi connectivity index (χ0) is 14.8. The van der Waals surface area contributed by atoms with Crippen LogP contribution < -0.4 is 4.74 Å². The smallest absolute Gasteiger partial charge is 0.410 e. The van der Waals surface area contributed by atoms with Crippen LogP contribution in [0.25, 0.3) is 0 Å². The number of hydrogen-bond donors (Lipinski definition) is 0. The Morgan fingerprint density at radius 2 is 2.00 bits per heavy atom. The summed E-state index contributed by atoms with van der Waals surface area (Å²) in [6.07, 6.45) is 3.02. The topological polar surface area (TPSA) is 38.8 Å². The molecule has 2 aliphatic rings. The monoisotopic (exact) mass is 289 g/mol. The molecule has 4 nitrogen and oxygen atoms in total. The first-order chi connectivity index (χ1) is 10.1. The van der Waals surface area contributed by atoms with Gasteiger partial charge in [-0.15, -0.1) is 0 Å². The van der Waals surface area contributed by atoms with Crippen LogP contribution in [0, 0.1) is 5.92 Å². The second kappa shape index (κ2) is 5.96. The largest absolute Gasteiger partial charge is 0.490 e. The zero-order valence-corrected chi connectivity index (χ0v) is 12.7. The minimum Gasteiger partial charge on any atom is -0.490 e. The van der Waals surface area contributed by atoms with Crippen LogP contribution in [0.15, 0.2) is 24.3 Å². The summed E-state index contributed by atoms with van der Waals surface area (Å²) in [5.41, 5.74) is 1.31. The highest BCUT2D eigenvalue weighted by Crippen LogP contribution is 2.34. The molecule has 1 aromatic rings. The van der Waals surface area contributed by atoms with Crippen LogP contribution in [0.1, 0.15) is 32.3 Å². The van der Waals surface area contributed by atoms with E-state index in [0.29, 0.717) is 5.92 Å². The van der Waals surface area contributed by atoms with Gasteiger partial charge in [0.2, 0.25) is 0 Å². The first kappa shape index (κ1) is 14.2. The number of fused-ring (bicyclic) bond motifs is 1. The molecule has 21 heavy (non-hydrogen) atoms. The Bertz CT molecular complexity index is 482. The van der Waals surface area contributed by atoms with Crippen molar-refractivity contribution in [2.45, 2.75) is 45.3 Å². The van der Waals surface area contributed by atoms with Crippen molar-refractivity contribution in [3.63, 3.8) is 0 Å². The standard InChI is InChI=1S/C17H23NO3/c1-12(2)20-17(19)18-9-7-13(8-10-18)16-11-14-5-3-4-6-15(14)21-16/h3-6,12-13,16H,7-11H2,1-2H3. The molecule has 1 saturated heterocycles. The maximum atomic E-state index is 11.9. The summed E-state index contributed by atoms with van der Waals surface area (Å²) >= 11 is 0. The average Bonchev–Trinajstić information content (AvgIpc) is 2.90. The van der Waals surface area contributed by atoms with Gasteiger partial charge in [0, 0.05) is 19.5 Å². The molecule has 0 N–H and O–H groups in total. The molecule has 114 valence electrons. The molecular weight excluding hydrogens is 266 g/mol. The molecule has 0 radical (unpaired) electrons. The average molecular weight is 289 g/mol. The molecule has 1 aromatic carbocycles. The van der Waals surface area contributed by atoms with Crippen LogP contribution >= 0.6 is 0 Å². The summed E-state index contributed by atoms with van der Waals surface area (Å²) in [6.45, 7) is 5.31. The third-order valence-electron chi connectivity index (χ3n) is 4.33. The van der Waals surface area contributed by atoms with Gasteiger partial charge in [-0.1, -0.05) is 18.2 Å². The minimum absolute atomic E-state index is 0.0529. The Labute approximate surface area is 126 Å². The predicted molar refractivity (Wildman–Crippen MR) is 80.5 cm³/mol. The Morgan fingerprint density at radius 1 is 1.29 bits per heavy atom. The predicted octanol–water partition coefficient (Wildman–Crippen LogP) is 3.25. The van der Waals surface area contributed by atoms with Crippen LogP contribution in [0.5, 0.6) is 5.75 Å². The summed E-state index contributed by atoms with van der Waals surface area (Å²) in [5, 5.41) is 0. The van der Waals surface area contributed by atoms with Crippen molar-refractivity contribution in [3.8, 4) is 5.75 Å². The summed E-state index contributed by atoms with van der Waals surface area (Å²) in [4.78, 5) is 13.7. The quantitative estimate of drug-likeness (QED) is 0.839. The number of piperidine rings is 1. The highest BCUT2D eigenvalue weighted by molar-refractivity contribution is 5.67. The third-order valence-corrected chi connectivity index (χ3v) is 4.33. The number of hydrogen-bond acceptors (Lipinski definition) is 3. The van der Waals surface area contributed by atoms with E-state index >= 15 is 0 Å². The van der Waals surface area contributed by atoms with Gasteiger partial charge in [0.1, 0.15) is 11.9 Å². The van der Waals surface area contributed by atoms with Crippen LogP contribution in [-0.4, -0.2) is 36.3 Å². The molecule has 0 spiro atoms. The van der Waals surface area contributed by atoms with Crippen LogP contribution in [-0.2, 0) is 11.2 Å². The lowest BCUT2D eigenvalue weighted by Gasteiger charge is -2.34. The van der Waals surface area contributed by atoms with Crippen LogP contribution in [0.4, 0.5) is 4.79 Å². The number of likely N-dealkylation sites (tertiary alicyclic amines) is 1. The molecule has 1 atom stereocenters. The normalized spacial score (nSPS) is 22.0. The Balaban J connectivity index is 1.52. The third kappa shape index (κ3) is 3.14. The molecule has 0 saturated carbocycles. The van der Waals surface area contributed by atoms with Crippen molar-refractivity contribution in [3.05, 3.63) is 29.8 Å². The molecular formula is C17H23NO3. The Kier molecular flexibility index (Phi) is 4.04. The molecule has 0 bridgehead atoms. The number of benzene rings is 1. The summed E-state index contributed by atoms with van der Waals surface area (Å²) in [5.74, 6) is 1.56. The highest BCUT2D eigenvalue weighted by atomic mass is 16.6. The van der Waals surface area contributed by atoms with Crippen molar-refractivity contribution in [1.29, 1.82) is 0 Å². The van der Waals surface area contributed by atoms with Crippen molar-refractivity contribution >= 4 is 6.09 Å². The molecule has 1 fully saturated rings. The second-order valence-electron chi connectivity index (χ2n) is 6.23. The van der Waals surface area contributed by atoms with E-state index in [-0.39, 0.29) is 18.3 Å². The number of rotatable bonds is 2. The van der Waals surface area contributed by atoms with Gasteiger partial charge in [0.15, 0.2) is 0 Å². The first-order valence-electron chi connectivity index (χ1n) is 7.83. The van der Waals surface area contributed by atoms with E-state index in [1.807, 2.05) is 30.9 Å². The van der Waals surface area contributed by atoms with Gasteiger partial charge < -0.3 is 14.4 Å². The Morgan fingerprint density at radius 3 is 2.67 bits per heavy atom. The zero-order valence-electron chi connectivity index (χ0n) is 12.7. The first-order valence-corrected chi connectivity index (χ1v) is 7.83. The van der Waals surface area contributed by atoms with Gasteiger partial charge in [-0.25, -0.2) is 4.79 Å². The number of carbonyl (C=O) groups excluding carboxylic acids is 1. The lowest BCUT2D eigenvalue weighted by atomic mass is 9.89. The molecule has 2 heterocycles. The van der Waals surface area contributed by atoms with Crippen molar-refractivity contribution < 1.29 is 14.3 Å². The molecule has 0 aromatic heterocycles. The lowest BCUT2D eigenvalue weighted by Crippen LogP contribution is -2.43. The van der Waals surface area contributed by atoms with E-state index in [9.17, 15) is 4.79 Å². The van der Waals surface area contributed by atoms with Crippen molar-refractivity contribution in [2.75, 3.05) is 13.1 Å². The maximum absolute atomic E-state index is 11.9. The van der Waals surface area contributed by atoms with Crippen molar-refractivity contribution in [1.82, 2.24) is 4.90 Å². The number of ether oxygens (including phenoxy) is 2. The lowest BCUT2D eigenvalue weighted by molar-refractivity contribution is 0.0503. The van der Waals surface area contributed by atoms with Gasteiger partial charge in [-0.3, -0.25) is 0 Å². The molecule has 4 heteroatoms. The molecule has 3 rings (SSSR count).